The van der Waals surface area contributed by atoms with Gasteiger partial charge < -0.3 is 10.3 Å². The summed E-state index contributed by atoms with van der Waals surface area (Å²) in [5.74, 6) is -0.328. The molecule has 0 amide bonds. The van der Waals surface area contributed by atoms with Crippen molar-refractivity contribution >= 4 is 17.5 Å². The third kappa shape index (κ3) is 2.28. The van der Waals surface area contributed by atoms with E-state index in [1.165, 1.54) is 6.07 Å². The third-order valence-electron chi connectivity index (χ3n) is 3.34. The summed E-state index contributed by atoms with van der Waals surface area (Å²) >= 11 is 6.04. The fourth-order valence-electron chi connectivity index (χ4n) is 2.29. The van der Waals surface area contributed by atoms with Gasteiger partial charge in [-0.1, -0.05) is 53.2 Å². The van der Waals surface area contributed by atoms with Gasteiger partial charge in [-0.05, 0) is 24.1 Å². The minimum Gasteiger partial charge on any atom is -0.367 e. The number of anilines is 1. The zero-order chi connectivity index (χ0) is 15.0. The number of halogens is 2. The maximum Gasteiger partial charge on any atom is 0.230 e. The first-order valence-electron chi connectivity index (χ1n) is 6.35. The van der Waals surface area contributed by atoms with Gasteiger partial charge in [0, 0.05) is 5.56 Å². The molecular formula is C16H12ClFN2O. The van der Waals surface area contributed by atoms with Gasteiger partial charge in [0.25, 0.3) is 0 Å². The fourth-order valence-corrected chi connectivity index (χ4v) is 2.50. The fraction of sp³-hybridized carbons (Fsp3) is 0.0625. The summed E-state index contributed by atoms with van der Waals surface area (Å²) in [6.07, 6.45) is 0. The molecule has 21 heavy (non-hydrogen) atoms. The molecule has 0 unspecified atom stereocenters. The molecule has 0 bridgehead atoms. The minimum atomic E-state index is -0.508. The van der Waals surface area contributed by atoms with E-state index in [0.29, 0.717) is 16.8 Å². The molecule has 3 nitrogen and oxygen atoms in total. The van der Waals surface area contributed by atoms with Gasteiger partial charge in [0.2, 0.25) is 5.88 Å². The zero-order valence-electron chi connectivity index (χ0n) is 11.2. The van der Waals surface area contributed by atoms with Gasteiger partial charge in [-0.15, -0.1) is 0 Å². The third-order valence-corrected chi connectivity index (χ3v) is 3.72. The Morgan fingerprint density at radius 3 is 2.57 bits per heavy atom. The van der Waals surface area contributed by atoms with Crippen LogP contribution in [-0.2, 0) is 0 Å². The Morgan fingerprint density at radius 2 is 1.81 bits per heavy atom. The second-order valence-corrected chi connectivity index (χ2v) is 5.06. The van der Waals surface area contributed by atoms with Crippen molar-refractivity contribution in [1.29, 1.82) is 0 Å². The number of aryl methyl sites for hydroxylation is 1. The van der Waals surface area contributed by atoms with E-state index >= 15 is 0 Å². The largest absolute Gasteiger partial charge is 0.367 e. The molecule has 0 radical (unpaired) electrons. The predicted octanol–water partition coefficient (Wildman–Crippen LogP) is 4.69. The number of nitrogens with two attached hydrogens (primary N) is 1. The number of hydrogen-bond acceptors (Lipinski definition) is 3. The highest BCUT2D eigenvalue weighted by molar-refractivity contribution is 6.33. The Kier molecular flexibility index (Phi) is 3.39. The van der Waals surface area contributed by atoms with Crippen LogP contribution in [0.1, 0.15) is 5.56 Å². The molecule has 0 aliphatic heterocycles. The van der Waals surface area contributed by atoms with Crippen LogP contribution < -0.4 is 5.73 Å². The zero-order valence-corrected chi connectivity index (χ0v) is 12.0. The number of rotatable bonds is 2. The van der Waals surface area contributed by atoms with Gasteiger partial charge >= 0.3 is 0 Å². The first kappa shape index (κ1) is 13.6. The van der Waals surface area contributed by atoms with Crippen molar-refractivity contribution in [3.63, 3.8) is 0 Å². The summed E-state index contributed by atoms with van der Waals surface area (Å²) in [5.41, 5.74) is 9.31. The van der Waals surface area contributed by atoms with Crippen LogP contribution in [0.2, 0.25) is 5.02 Å². The van der Waals surface area contributed by atoms with E-state index in [4.69, 9.17) is 21.9 Å². The second kappa shape index (κ2) is 5.22. The average Bonchev–Trinajstić information content (AvgIpc) is 2.84. The van der Waals surface area contributed by atoms with Crippen molar-refractivity contribution in [2.24, 2.45) is 0 Å². The van der Waals surface area contributed by atoms with Crippen molar-refractivity contribution in [2.45, 2.75) is 6.92 Å². The highest BCUT2D eigenvalue weighted by Crippen LogP contribution is 2.40. The van der Waals surface area contributed by atoms with Crippen LogP contribution in [0.15, 0.2) is 47.0 Å². The molecule has 0 aliphatic rings. The first-order chi connectivity index (χ1) is 10.1. The summed E-state index contributed by atoms with van der Waals surface area (Å²) < 4.78 is 18.8. The molecule has 3 aromatic rings. The molecule has 0 spiro atoms. The van der Waals surface area contributed by atoms with E-state index in [1.807, 2.05) is 31.2 Å². The SMILES string of the molecule is Cc1ccccc1-c1c(-c2cccc(F)c2Cl)noc1N. The smallest absolute Gasteiger partial charge is 0.230 e. The normalized spacial score (nSPS) is 10.8. The summed E-state index contributed by atoms with van der Waals surface area (Å²) in [4.78, 5) is 0. The molecule has 2 aromatic carbocycles. The lowest BCUT2D eigenvalue weighted by Gasteiger charge is -2.07. The maximum atomic E-state index is 13.7. The van der Waals surface area contributed by atoms with E-state index < -0.39 is 5.82 Å². The molecule has 0 saturated carbocycles. The van der Waals surface area contributed by atoms with Gasteiger partial charge in [-0.25, -0.2) is 4.39 Å². The highest BCUT2D eigenvalue weighted by Gasteiger charge is 2.21. The number of aromatic nitrogens is 1. The van der Waals surface area contributed by atoms with Crippen LogP contribution >= 0.6 is 11.6 Å². The molecule has 0 aliphatic carbocycles. The van der Waals surface area contributed by atoms with Gasteiger partial charge in [0.1, 0.15) is 11.5 Å². The second-order valence-electron chi connectivity index (χ2n) is 4.69. The van der Waals surface area contributed by atoms with E-state index in [0.717, 1.165) is 11.1 Å². The summed E-state index contributed by atoms with van der Waals surface area (Å²) in [6.45, 7) is 1.96. The van der Waals surface area contributed by atoms with Crippen molar-refractivity contribution < 1.29 is 8.91 Å². The molecule has 3 rings (SSSR count). The molecule has 0 saturated heterocycles. The average molecular weight is 303 g/mol. The molecule has 1 aromatic heterocycles. The molecule has 2 N–H and O–H groups in total. The van der Waals surface area contributed by atoms with Crippen LogP contribution in [-0.4, -0.2) is 5.16 Å². The summed E-state index contributed by atoms with van der Waals surface area (Å²) in [7, 11) is 0. The Labute approximate surface area is 126 Å². The molecule has 1 heterocycles. The number of nitrogen functional groups attached to an aromatic ring is 1. The van der Waals surface area contributed by atoms with Crippen molar-refractivity contribution in [2.75, 3.05) is 5.73 Å². The van der Waals surface area contributed by atoms with Crippen LogP contribution in [0.4, 0.5) is 10.3 Å². The lowest BCUT2D eigenvalue weighted by atomic mass is 9.97. The van der Waals surface area contributed by atoms with Crippen molar-refractivity contribution in [1.82, 2.24) is 5.16 Å². The monoisotopic (exact) mass is 302 g/mol. The van der Waals surface area contributed by atoms with E-state index in [2.05, 4.69) is 5.16 Å². The van der Waals surface area contributed by atoms with Gasteiger partial charge in [0.05, 0.1) is 10.6 Å². The molecular weight excluding hydrogens is 291 g/mol. The van der Waals surface area contributed by atoms with Crippen molar-refractivity contribution in [3.05, 3.63) is 58.9 Å². The maximum absolute atomic E-state index is 13.7. The van der Waals surface area contributed by atoms with Crippen LogP contribution in [0.3, 0.4) is 0 Å². The first-order valence-corrected chi connectivity index (χ1v) is 6.73. The quantitative estimate of drug-likeness (QED) is 0.747. The van der Waals surface area contributed by atoms with Crippen LogP contribution in [0.25, 0.3) is 22.4 Å². The van der Waals surface area contributed by atoms with E-state index in [-0.39, 0.29) is 10.9 Å². The lowest BCUT2D eigenvalue weighted by Crippen LogP contribution is -1.91. The lowest BCUT2D eigenvalue weighted by molar-refractivity contribution is 0.439. The molecule has 0 atom stereocenters. The predicted molar refractivity (Wildman–Crippen MR) is 81.5 cm³/mol. The molecule has 0 fully saturated rings. The summed E-state index contributed by atoms with van der Waals surface area (Å²) in [6, 6.07) is 12.2. The highest BCUT2D eigenvalue weighted by atomic mass is 35.5. The van der Waals surface area contributed by atoms with Crippen molar-refractivity contribution in [3.8, 4) is 22.4 Å². The summed E-state index contributed by atoms with van der Waals surface area (Å²) in [5, 5.41) is 3.95. The van der Waals surface area contributed by atoms with E-state index in [1.54, 1.807) is 12.1 Å². The Morgan fingerprint density at radius 1 is 1.10 bits per heavy atom. The minimum absolute atomic E-state index is 0.000587. The van der Waals surface area contributed by atoms with Gasteiger partial charge in [-0.3, -0.25) is 0 Å². The van der Waals surface area contributed by atoms with Crippen LogP contribution in [0.5, 0.6) is 0 Å². The number of nitrogens with zero attached hydrogens (tertiary/aromatic N) is 1. The Balaban J connectivity index is 2.28. The Hall–Kier alpha value is -2.33. The number of benzene rings is 2. The van der Waals surface area contributed by atoms with Crippen LogP contribution in [0, 0.1) is 12.7 Å². The topological polar surface area (TPSA) is 52.0 Å². The van der Waals surface area contributed by atoms with Gasteiger partial charge in [-0.2, -0.15) is 0 Å². The van der Waals surface area contributed by atoms with Gasteiger partial charge in [0.15, 0.2) is 0 Å². The standard InChI is InChI=1S/C16H12ClFN2O/c1-9-5-2-3-6-10(9)13-15(20-21-16(13)19)11-7-4-8-12(18)14(11)17/h2-8H,19H2,1H3. The number of hydrogen-bond donors (Lipinski definition) is 1. The van der Waals surface area contributed by atoms with E-state index in [9.17, 15) is 4.39 Å². The molecule has 5 heteroatoms. The Bertz CT molecular complexity index is 814. The molecule has 106 valence electrons.